The van der Waals surface area contributed by atoms with Gasteiger partial charge in [0.1, 0.15) is 5.52 Å². The molecule has 0 fully saturated rings. The van der Waals surface area contributed by atoms with Gasteiger partial charge in [0.25, 0.3) is 0 Å². The molecule has 0 saturated carbocycles. The van der Waals surface area contributed by atoms with E-state index in [1.165, 1.54) is 12.1 Å². The Labute approximate surface area is 108 Å². The second-order valence-corrected chi connectivity index (χ2v) is 6.60. The van der Waals surface area contributed by atoms with Crippen molar-refractivity contribution >= 4 is 49.0 Å². The van der Waals surface area contributed by atoms with E-state index in [-0.39, 0.29) is 28.1 Å². The van der Waals surface area contributed by atoms with Gasteiger partial charge in [-0.15, -0.1) is 8.98 Å². The van der Waals surface area contributed by atoms with E-state index in [1.54, 1.807) is 0 Å². The predicted octanol–water partition coefficient (Wildman–Crippen LogP) is 2.72. The van der Waals surface area contributed by atoms with Crippen LogP contribution in [-0.2, 0) is 9.84 Å². The maximum Gasteiger partial charge on any atom is 0.242 e. The monoisotopic (exact) mass is 342 g/mol. The highest BCUT2D eigenvalue weighted by molar-refractivity contribution is 9.10. The van der Waals surface area contributed by atoms with E-state index in [9.17, 15) is 16.7 Å². The Bertz CT molecular complexity index is 699. The zero-order chi connectivity index (χ0) is 12.8. The van der Waals surface area contributed by atoms with Gasteiger partial charge in [-0.3, -0.25) is 0 Å². The minimum Gasteiger partial charge on any atom is -0.224 e. The highest BCUT2D eigenvalue weighted by Gasteiger charge is 2.22. The van der Waals surface area contributed by atoms with Crippen molar-refractivity contribution in [3.05, 3.63) is 22.6 Å². The van der Waals surface area contributed by atoms with Crippen LogP contribution in [0.2, 0.25) is 0 Å². The quantitative estimate of drug-likeness (QED) is 0.841. The van der Waals surface area contributed by atoms with Gasteiger partial charge in [0.2, 0.25) is 5.95 Å². The molecule has 0 unspecified atom stereocenters. The van der Waals surface area contributed by atoms with Crippen molar-refractivity contribution in [1.29, 1.82) is 0 Å². The van der Waals surface area contributed by atoms with Crippen LogP contribution in [0.15, 0.2) is 21.5 Å². The lowest BCUT2D eigenvalue weighted by Crippen LogP contribution is -2.00. The van der Waals surface area contributed by atoms with Crippen molar-refractivity contribution in [2.45, 2.75) is 4.90 Å². The Morgan fingerprint density at radius 1 is 1.47 bits per heavy atom. The molecule has 0 aliphatic carbocycles. The summed E-state index contributed by atoms with van der Waals surface area (Å²) in [6.45, 7) is 0. The Morgan fingerprint density at radius 2 is 2.12 bits per heavy atom. The number of nitrogens with zero attached hydrogens (tertiary/aromatic N) is 2. The fourth-order valence-electron chi connectivity index (χ4n) is 1.46. The fraction of sp³-hybridized carbons (Fsp3) is 0.125. The van der Waals surface area contributed by atoms with Crippen molar-refractivity contribution in [2.75, 3.05) is 6.26 Å². The first-order chi connectivity index (χ1) is 7.86. The molecular formula is C8H5BrF2N2O2S2. The average molecular weight is 343 g/mol. The Balaban J connectivity index is 3.03. The van der Waals surface area contributed by atoms with Gasteiger partial charge in [0.15, 0.2) is 22.2 Å². The summed E-state index contributed by atoms with van der Waals surface area (Å²) in [4.78, 5) is -0.169. The van der Waals surface area contributed by atoms with Crippen LogP contribution < -0.4 is 0 Å². The van der Waals surface area contributed by atoms with E-state index in [1.807, 2.05) is 0 Å². The van der Waals surface area contributed by atoms with Crippen molar-refractivity contribution in [3.8, 4) is 0 Å². The molecule has 1 aromatic heterocycles. The van der Waals surface area contributed by atoms with E-state index in [2.05, 4.69) is 21.0 Å². The van der Waals surface area contributed by atoms with Gasteiger partial charge < -0.3 is 0 Å². The smallest absolute Gasteiger partial charge is 0.224 e. The zero-order valence-electron chi connectivity index (χ0n) is 8.32. The van der Waals surface area contributed by atoms with Crippen LogP contribution in [0.3, 0.4) is 0 Å². The predicted molar refractivity (Wildman–Crippen MR) is 64.6 cm³/mol. The molecular weight excluding hydrogens is 338 g/mol. The van der Waals surface area contributed by atoms with Crippen LogP contribution >= 0.6 is 28.3 Å². The molecule has 0 saturated heterocycles. The van der Waals surface area contributed by atoms with Crippen LogP contribution in [0.5, 0.6) is 0 Å². The molecule has 1 aromatic carbocycles. The third-order valence-electron chi connectivity index (χ3n) is 2.13. The van der Waals surface area contributed by atoms with Crippen LogP contribution in [0.1, 0.15) is 0 Å². The second-order valence-electron chi connectivity index (χ2n) is 3.27. The molecule has 4 nitrogen and oxygen atoms in total. The molecule has 9 heteroatoms. The number of benzene rings is 1. The number of hydrogen-bond donors (Lipinski definition) is 0. The lowest BCUT2D eigenvalue weighted by Gasteiger charge is -2.03. The number of aromatic nitrogens is 2. The lowest BCUT2D eigenvalue weighted by atomic mass is 10.2. The standard InChI is InChI=1S/C8H5BrF2N2O2S2/c1-17(14,15)5-3-2-4(9)6-7(5)13(16-11)12-8(6)10/h2-3H,1H3. The second kappa shape index (κ2) is 4.21. The summed E-state index contributed by atoms with van der Waals surface area (Å²) >= 11 is 2.71. The zero-order valence-corrected chi connectivity index (χ0v) is 11.5. The van der Waals surface area contributed by atoms with E-state index >= 15 is 0 Å². The molecule has 1 heterocycles. The van der Waals surface area contributed by atoms with Gasteiger partial charge in [0, 0.05) is 10.7 Å². The molecule has 0 N–H and O–H groups in total. The first kappa shape index (κ1) is 12.8. The number of halogens is 3. The minimum absolute atomic E-state index is 0.0573. The third kappa shape index (κ3) is 2.06. The highest BCUT2D eigenvalue weighted by atomic mass is 79.9. The number of hydrogen-bond acceptors (Lipinski definition) is 4. The van der Waals surface area contributed by atoms with E-state index in [0.717, 1.165) is 6.26 Å². The number of rotatable bonds is 2. The van der Waals surface area contributed by atoms with Crippen molar-refractivity contribution < 1.29 is 16.7 Å². The van der Waals surface area contributed by atoms with Gasteiger partial charge in [-0.2, -0.15) is 8.48 Å². The Hall–Kier alpha value is -0.670. The van der Waals surface area contributed by atoms with Gasteiger partial charge >= 0.3 is 0 Å². The molecule has 0 aliphatic heterocycles. The van der Waals surface area contributed by atoms with Crippen LogP contribution in [0.25, 0.3) is 10.9 Å². The summed E-state index contributed by atoms with van der Waals surface area (Å²) in [5, 5.41) is 3.23. The fourth-order valence-corrected chi connectivity index (χ4v) is 3.22. The van der Waals surface area contributed by atoms with Gasteiger partial charge in [-0.25, -0.2) is 8.42 Å². The average Bonchev–Trinajstić information content (AvgIpc) is 2.55. The van der Waals surface area contributed by atoms with Gasteiger partial charge in [0.05, 0.1) is 10.3 Å². The summed E-state index contributed by atoms with van der Waals surface area (Å²) in [5.41, 5.74) is -0.105. The maximum atomic E-state index is 13.5. The lowest BCUT2D eigenvalue weighted by molar-refractivity contribution is 0.581. The first-order valence-electron chi connectivity index (χ1n) is 4.22. The summed E-state index contributed by atoms with van der Waals surface area (Å²) in [7, 11) is -3.59. The molecule has 0 atom stereocenters. The number of sulfone groups is 1. The van der Waals surface area contributed by atoms with E-state index in [4.69, 9.17) is 0 Å². The largest absolute Gasteiger partial charge is 0.242 e. The number of fused-ring (bicyclic) bond motifs is 1. The minimum atomic E-state index is -3.59. The van der Waals surface area contributed by atoms with Crippen LogP contribution in [0, 0.1) is 5.95 Å². The molecule has 92 valence electrons. The molecule has 17 heavy (non-hydrogen) atoms. The Morgan fingerprint density at radius 3 is 2.65 bits per heavy atom. The molecule has 0 amide bonds. The van der Waals surface area contributed by atoms with Crippen molar-refractivity contribution in [2.24, 2.45) is 0 Å². The van der Waals surface area contributed by atoms with Gasteiger partial charge in [-0.1, -0.05) is 0 Å². The molecule has 0 radical (unpaired) electrons. The maximum absolute atomic E-state index is 13.5. The topological polar surface area (TPSA) is 52.0 Å². The SMILES string of the molecule is CS(=O)(=O)c1ccc(Br)c2c(F)nn(SF)c12. The summed E-state index contributed by atoms with van der Waals surface area (Å²) in [5.74, 6) is -0.928. The van der Waals surface area contributed by atoms with Crippen molar-refractivity contribution in [3.63, 3.8) is 0 Å². The molecule has 2 rings (SSSR count). The Kier molecular flexibility index (Phi) is 3.17. The van der Waals surface area contributed by atoms with Gasteiger partial charge in [-0.05, 0) is 28.1 Å². The summed E-state index contributed by atoms with van der Waals surface area (Å²) < 4.78 is 50.1. The van der Waals surface area contributed by atoms with Crippen LogP contribution in [-0.4, -0.2) is 23.9 Å². The van der Waals surface area contributed by atoms with Crippen molar-refractivity contribution in [1.82, 2.24) is 9.19 Å². The first-order valence-corrected chi connectivity index (χ1v) is 7.58. The molecule has 0 aliphatic rings. The normalized spacial score (nSPS) is 12.2. The molecule has 0 bridgehead atoms. The van der Waals surface area contributed by atoms with E-state index < -0.39 is 15.8 Å². The van der Waals surface area contributed by atoms with Crippen LogP contribution in [0.4, 0.5) is 8.28 Å². The molecule has 0 spiro atoms. The highest BCUT2D eigenvalue weighted by Crippen LogP contribution is 2.33. The summed E-state index contributed by atoms with van der Waals surface area (Å²) in [6.07, 6.45) is 0.966. The third-order valence-corrected chi connectivity index (χ3v) is 4.32. The van der Waals surface area contributed by atoms with E-state index in [0.29, 0.717) is 8.56 Å². The summed E-state index contributed by atoms with van der Waals surface area (Å²) in [6, 6.07) is 2.66. The molecule has 2 aromatic rings.